The fourth-order valence-corrected chi connectivity index (χ4v) is 3.44. The van der Waals surface area contributed by atoms with Gasteiger partial charge in [-0.2, -0.15) is 0 Å². The Morgan fingerprint density at radius 3 is 2.68 bits per heavy atom. The number of anilines is 1. The highest BCUT2D eigenvalue weighted by Crippen LogP contribution is 2.34. The molecule has 25 heavy (non-hydrogen) atoms. The minimum Gasteiger partial charge on any atom is -0.368 e. The summed E-state index contributed by atoms with van der Waals surface area (Å²) in [5.41, 5.74) is 4.75. The van der Waals surface area contributed by atoms with E-state index in [-0.39, 0.29) is 11.5 Å². The second-order valence-electron chi connectivity index (χ2n) is 7.34. The standard InChI is InChI=1S/C21H22N2O2/c1-14-9-18(22-20(24)15-7-5-4-6-8-15)17-11-16-12-25-21(2,3)13-23(16)19(17)10-14/h4-11H,12-13H2,1-3H3,(H,22,24). The highest BCUT2D eigenvalue weighted by atomic mass is 16.5. The van der Waals surface area contributed by atoms with Gasteiger partial charge in [0.2, 0.25) is 0 Å². The molecule has 1 amide bonds. The Balaban J connectivity index is 1.78. The molecule has 4 nitrogen and oxygen atoms in total. The molecule has 0 atom stereocenters. The smallest absolute Gasteiger partial charge is 0.255 e. The molecule has 0 radical (unpaired) electrons. The molecule has 0 aliphatic carbocycles. The van der Waals surface area contributed by atoms with Crippen LogP contribution in [0.5, 0.6) is 0 Å². The van der Waals surface area contributed by atoms with E-state index in [2.05, 4.69) is 42.8 Å². The quantitative estimate of drug-likeness (QED) is 0.749. The van der Waals surface area contributed by atoms with Crippen LogP contribution in [0, 0.1) is 6.92 Å². The number of carbonyl (C=O) groups is 1. The average molecular weight is 334 g/mol. The lowest BCUT2D eigenvalue weighted by Crippen LogP contribution is -2.35. The molecule has 0 bridgehead atoms. The van der Waals surface area contributed by atoms with Crippen LogP contribution in [0.2, 0.25) is 0 Å². The van der Waals surface area contributed by atoms with Crippen molar-refractivity contribution in [1.82, 2.24) is 4.57 Å². The molecule has 4 heteroatoms. The number of aryl methyl sites for hydroxylation is 1. The van der Waals surface area contributed by atoms with Crippen molar-refractivity contribution < 1.29 is 9.53 Å². The number of aromatic nitrogens is 1. The highest BCUT2D eigenvalue weighted by Gasteiger charge is 2.28. The Morgan fingerprint density at radius 2 is 1.92 bits per heavy atom. The number of hydrogen-bond donors (Lipinski definition) is 1. The van der Waals surface area contributed by atoms with Gasteiger partial charge in [-0.3, -0.25) is 4.79 Å². The lowest BCUT2D eigenvalue weighted by molar-refractivity contribution is -0.0613. The first-order chi connectivity index (χ1) is 11.9. The van der Waals surface area contributed by atoms with Crippen LogP contribution in [0.15, 0.2) is 48.5 Å². The van der Waals surface area contributed by atoms with Gasteiger partial charge >= 0.3 is 0 Å². The summed E-state index contributed by atoms with van der Waals surface area (Å²) in [6.07, 6.45) is 0. The van der Waals surface area contributed by atoms with Crippen molar-refractivity contribution in [2.24, 2.45) is 0 Å². The summed E-state index contributed by atoms with van der Waals surface area (Å²) in [7, 11) is 0. The van der Waals surface area contributed by atoms with Gasteiger partial charge in [-0.25, -0.2) is 0 Å². The summed E-state index contributed by atoms with van der Waals surface area (Å²) in [6.45, 7) is 7.67. The van der Waals surface area contributed by atoms with E-state index in [0.717, 1.165) is 34.4 Å². The van der Waals surface area contributed by atoms with Gasteiger partial charge in [-0.05, 0) is 56.7 Å². The highest BCUT2D eigenvalue weighted by molar-refractivity contribution is 6.09. The molecule has 4 rings (SSSR count). The maximum atomic E-state index is 12.6. The van der Waals surface area contributed by atoms with E-state index < -0.39 is 0 Å². The van der Waals surface area contributed by atoms with Gasteiger partial charge in [0.1, 0.15) is 0 Å². The molecular weight excluding hydrogens is 312 g/mol. The van der Waals surface area contributed by atoms with Gasteiger partial charge in [0.05, 0.1) is 30.0 Å². The van der Waals surface area contributed by atoms with E-state index in [9.17, 15) is 4.79 Å². The zero-order valence-corrected chi connectivity index (χ0v) is 14.8. The summed E-state index contributed by atoms with van der Waals surface area (Å²) < 4.78 is 8.24. The Labute approximate surface area is 147 Å². The first kappa shape index (κ1) is 15.9. The molecule has 1 aromatic heterocycles. The minimum atomic E-state index is -0.184. The maximum absolute atomic E-state index is 12.6. The number of benzene rings is 2. The van der Waals surface area contributed by atoms with Crippen molar-refractivity contribution in [3.63, 3.8) is 0 Å². The van der Waals surface area contributed by atoms with Crippen LogP contribution in [0.4, 0.5) is 5.69 Å². The first-order valence-electron chi connectivity index (χ1n) is 8.56. The summed E-state index contributed by atoms with van der Waals surface area (Å²) in [5.74, 6) is -0.0896. The van der Waals surface area contributed by atoms with Gasteiger partial charge in [-0.1, -0.05) is 18.2 Å². The van der Waals surface area contributed by atoms with Gasteiger partial charge in [-0.15, -0.1) is 0 Å². The van der Waals surface area contributed by atoms with Crippen LogP contribution in [0.25, 0.3) is 10.9 Å². The van der Waals surface area contributed by atoms with Gasteiger partial charge < -0.3 is 14.6 Å². The zero-order valence-electron chi connectivity index (χ0n) is 14.8. The fourth-order valence-electron chi connectivity index (χ4n) is 3.44. The largest absolute Gasteiger partial charge is 0.368 e. The molecule has 0 saturated carbocycles. The van der Waals surface area contributed by atoms with Crippen LogP contribution in [-0.2, 0) is 17.9 Å². The molecule has 2 aromatic carbocycles. The molecule has 2 heterocycles. The second-order valence-corrected chi connectivity index (χ2v) is 7.34. The van der Waals surface area contributed by atoms with E-state index in [1.165, 1.54) is 0 Å². The molecule has 1 aliphatic heterocycles. The summed E-state index contributed by atoms with van der Waals surface area (Å²) in [4.78, 5) is 12.6. The van der Waals surface area contributed by atoms with E-state index in [1.54, 1.807) is 0 Å². The predicted octanol–water partition coefficient (Wildman–Crippen LogP) is 4.51. The number of carbonyl (C=O) groups excluding carboxylic acids is 1. The number of rotatable bonds is 2. The second kappa shape index (κ2) is 5.74. The van der Waals surface area contributed by atoms with Crippen LogP contribution in [0.1, 0.15) is 35.5 Å². The van der Waals surface area contributed by atoms with Crippen LogP contribution < -0.4 is 5.32 Å². The third kappa shape index (κ3) is 2.94. The first-order valence-corrected chi connectivity index (χ1v) is 8.56. The third-order valence-electron chi connectivity index (χ3n) is 4.68. The molecule has 0 spiro atoms. The van der Waals surface area contributed by atoms with E-state index in [1.807, 2.05) is 36.4 Å². The van der Waals surface area contributed by atoms with Crippen LogP contribution >= 0.6 is 0 Å². The fraction of sp³-hybridized carbons (Fsp3) is 0.286. The summed E-state index contributed by atoms with van der Waals surface area (Å²) >= 11 is 0. The average Bonchev–Trinajstić information content (AvgIpc) is 2.92. The van der Waals surface area contributed by atoms with Gasteiger partial charge in [0, 0.05) is 16.6 Å². The Morgan fingerprint density at radius 1 is 1.16 bits per heavy atom. The Bertz CT molecular complexity index is 955. The predicted molar refractivity (Wildman–Crippen MR) is 99.9 cm³/mol. The van der Waals surface area contributed by atoms with Crippen molar-refractivity contribution in [2.75, 3.05) is 5.32 Å². The van der Waals surface area contributed by atoms with Crippen LogP contribution in [-0.4, -0.2) is 16.1 Å². The van der Waals surface area contributed by atoms with Crippen molar-refractivity contribution in [2.45, 2.75) is 39.5 Å². The van der Waals surface area contributed by atoms with Crippen molar-refractivity contribution in [3.8, 4) is 0 Å². The van der Waals surface area contributed by atoms with Crippen molar-refractivity contribution >= 4 is 22.5 Å². The lowest BCUT2D eigenvalue weighted by atomic mass is 10.1. The van der Waals surface area contributed by atoms with Crippen molar-refractivity contribution in [1.29, 1.82) is 0 Å². The molecule has 1 aliphatic rings. The molecule has 0 unspecified atom stereocenters. The molecule has 0 fully saturated rings. The number of fused-ring (bicyclic) bond motifs is 3. The van der Waals surface area contributed by atoms with Crippen LogP contribution in [0.3, 0.4) is 0 Å². The lowest BCUT2D eigenvalue weighted by Gasteiger charge is -2.32. The topological polar surface area (TPSA) is 43.3 Å². The Hall–Kier alpha value is -2.59. The zero-order chi connectivity index (χ0) is 17.6. The maximum Gasteiger partial charge on any atom is 0.255 e. The SMILES string of the molecule is Cc1cc(NC(=O)c2ccccc2)c2cc3n(c2c1)CC(C)(C)OC3. The molecule has 0 saturated heterocycles. The van der Waals surface area contributed by atoms with E-state index >= 15 is 0 Å². The summed E-state index contributed by atoms with van der Waals surface area (Å²) in [5, 5.41) is 4.14. The Kier molecular flexibility index (Phi) is 3.65. The number of hydrogen-bond acceptors (Lipinski definition) is 2. The molecular formula is C21H22N2O2. The van der Waals surface area contributed by atoms with Crippen molar-refractivity contribution in [3.05, 3.63) is 65.4 Å². The number of ether oxygens (including phenoxy) is 1. The number of nitrogens with one attached hydrogen (secondary N) is 1. The minimum absolute atomic E-state index is 0.0896. The molecule has 128 valence electrons. The van der Waals surface area contributed by atoms with E-state index in [0.29, 0.717) is 12.2 Å². The van der Waals surface area contributed by atoms with E-state index in [4.69, 9.17) is 4.74 Å². The monoisotopic (exact) mass is 334 g/mol. The van der Waals surface area contributed by atoms with Gasteiger partial charge in [0.15, 0.2) is 0 Å². The number of nitrogens with zero attached hydrogens (tertiary/aromatic N) is 1. The summed E-state index contributed by atoms with van der Waals surface area (Å²) in [6, 6.07) is 15.6. The normalized spacial score (nSPS) is 15.8. The third-order valence-corrected chi connectivity index (χ3v) is 4.68. The molecule has 3 aromatic rings. The number of amides is 1. The molecule has 1 N–H and O–H groups in total. The van der Waals surface area contributed by atoms with Gasteiger partial charge in [0.25, 0.3) is 5.91 Å².